The Morgan fingerprint density at radius 2 is 1.53 bits per heavy atom. The molecule has 0 saturated heterocycles. The van der Waals surface area contributed by atoms with Crippen molar-refractivity contribution in [2.45, 2.75) is 58.1 Å². The maximum atomic E-state index is 5.91. The Labute approximate surface area is 119 Å². The van der Waals surface area contributed by atoms with E-state index in [-0.39, 0.29) is 11.2 Å². The topological polar surface area (TPSA) is 27.7 Å². The molecule has 0 rings (SSSR count). The summed E-state index contributed by atoms with van der Waals surface area (Å²) in [7, 11) is 2.17. The van der Waals surface area contributed by atoms with Crippen LogP contribution in [0.2, 0.25) is 6.32 Å². The van der Waals surface area contributed by atoms with Gasteiger partial charge in [-0.1, -0.05) is 12.2 Å². The maximum absolute atomic E-state index is 5.91. The van der Waals surface area contributed by atoms with E-state index in [0.717, 1.165) is 19.2 Å². The molecule has 0 aromatic rings. The van der Waals surface area contributed by atoms with Gasteiger partial charge in [0.1, 0.15) is 14.5 Å². The molecule has 0 unspecified atom stereocenters. The Bertz CT molecular complexity index is 269. The molecule has 0 aromatic heterocycles. The quantitative estimate of drug-likeness (QED) is 0.326. The van der Waals surface area contributed by atoms with Gasteiger partial charge in [0.25, 0.3) is 0 Å². The van der Waals surface area contributed by atoms with E-state index in [0.29, 0.717) is 26.4 Å². The molecule has 0 N–H and O–H groups in total. The molecule has 3 nitrogen and oxygen atoms in total. The monoisotopic (exact) mass is 268 g/mol. The molecule has 0 aliphatic heterocycles. The van der Waals surface area contributed by atoms with Gasteiger partial charge in [-0.25, -0.2) is 0 Å². The number of rotatable bonds is 11. The zero-order chi connectivity index (χ0) is 14.8. The van der Waals surface area contributed by atoms with Gasteiger partial charge in [0, 0.05) is 0 Å². The fourth-order valence-corrected chi connectivity index (χ4v) is 1.83. The number of terminal acetylenes is 1. The summed E-state index contributed by atoms with van der Waals surface area (Å²) in [6.45, 7) is 10.6. The second-order valence-electron chi connectivity index (χ2n) is 5.97. The van der Waals surface area contributed by atoms with Crippen LogP contribution in [-0.4, -0.2) is 45.5 Å². The summed E-state index contributed by atoms with van der Waals surface area (Å²) in [5.41, 5.74) is -0.234. The van der Waals surface area contributed by atoms with Crippen LogP contribution in [-0.2, 0) is 14.2 Å². The normalized spacial score (nSPS) is 12.4. The molecule has 0 aliphatic rings. The summed E-state index contributed by atoms with van der Waals surface area (Å²) in [6, 6.07) is 0. The molecule has 0 aliphatic carbocycles. The first-order chi connectivity index (χ1) is 8.83. The highest BCUT2D eigenvalue weighted by atomic mass is 16.5. The zero-order valence-electron chi connectivity index (χ0n) is 13.3. The minimum Gasteiger partial charge on any atom is -0.375 e. The molecule has 0 amide bonds. The van der Waals surface area contributed by atoms with Crippen molar-refractivity contribution < 1.29 is 14.2 Å². The zero-order valence-corrected chi connectivity index (χ0v) is 13.3. The first-order valence-electron chi connectivity index (χ1n) is 7.12. The number of hydrogen-bond donors (Lipinski definition) is 0. The first kappa shape index (κ1) is 18.5. The van der Waals surface area contributed by atoms with Crippen molar-refractivity contribution in [3.8, 4) is 12.3 Å². The largest absolute Gasteiger partial charge is 0.375 e. The standard InChI is InChI=1S/C15H29BO3/c1-6-10-17-12-13-19-15(4,5)8-11-18-14(2,3)7-9-16/h1H,7-13,16H2,2-5H3. The van der Waals surface area contributed by atoms with Crippen LogP contribution in [0, 0.1) is 12.3 Å². The van der Waals surface area contributed by atoms with Gasteiger partial charge in [-0.2, -0.15) is 0 Å². The number of ether oxygens (including phenoxy) is 3. The first-order valence-corrected chi connectivity index (χ1v) is 7.12. The van der Waals surface area contributed by atoms with Gasteiger partial charge in [0.15, 0.2) is 0 Å². The van der Waals surface area contributed by atoms with Crippen LogP contribution in [0.1, 0.15) is 40.5 Å². The lowest BCUT2D eigenvalue weighted by Crippen LogP contribution is -2.31. The van der Waals surface area contributed by atoms with Crippen molar-refractivity contribution >= 4 is 7.85 Å². The van der Waals surface area contributed by atoms with E-state index >= 15 is 0 Å². The van der Waals surface area contributed by atoms with Gasteiger partial charge < -0.3 is 14.2 Å². The number of hydrogen-bond acceptors (Lipinski definition) is 3. The van der Waals surface area contributed by atoms with Crippen molar-refractivity contribution in [1.82, 2.24) is 0 Å². The SMILES string of the molecule is BCCC(C)(C)OCCC(C)(C)OCCOCC#C. The van der Waals surface area contributed by atoms with Crippen molar-refractivity contribution in [3.05, 3.63) is 0 Å². The van der Waals surface area contributed by atoms with Gasteiger partial charge in [-0.3, -0.25) is 0 Å². The summed E-state index contributed by atoms with van der Waals surface area (Å²) >= 11 is 0. The van der Waals surface area contributed by atoms with Gasteiger partial charge in [-0.05, 0) is 40.5 Å². The van der Waals surface area contributed by atoms with Crippen molar-refractivity contribution in [3.63, 3.8) is 0 Å². The van der Waals surface area contributed by atoms with E-state index in [1.165, 1.54) is 0 Å². The molecule has 0 atom stereocenters. The van der Waals surface area contributed by atoms with E-state index < -0.39 is 0 Å². The lowest BCUT2D eigenvalue weighted by atomic mass is 9.92. The highest BCUT2D eigenvalue weighted by molar-refractivity contribution is 6.08. The molecule has 0 heterocycles. The highest BCUT2D eigenvalue weighted by Crippen LogP contribution is 2.20. The third-order valence-corrected chi connectivity index (χ3v) is 2.95. The molecule has 4 heteroatoms. The smallest absolute Gasteiger partial charge is 0.107 e. The summed E-state index contributed by atoms with van der Waals surface area (Å²) in [4.78, 5) is 0. The molecular formula is C15H29BO3. The van der Waals surface area contributed by atoms with Crippen LogP contribution in [0.5, 0.6) is 0 Å². The van der Waals surface area contributed by atoms with Crippen LogP contribution in [0.3, 0.4) is 0 Å². The van der Waals surface area contributed by atoms with E-state index in [1.807, 2.05) is 0 Å². The minimum atomic E-state index is -0.193. The van der Waals surface area contributed by atoms with Crippen molar-refractivity contribution in [2.24, 2.45) is 0 Å². The fraction of sp³-hybridized carbons (Fsp3) is 0.867. The van der Waals surface area contributed by atoms with Crippen molar-refractivity contribution in [1.29, 1.82) is 0 Å². The second kappa shape index (κ2) is 9.42. The second-order valence-corrected chi connectivity index (χ2v) is 5.97. The molecule has 0 radical (unpaired) electrons. The summed E-state index contributed by atoms with van der Waals surface area (Å²) in [5.74, 6) is 2.43. The minimum absolute atomic E-state index is 0.0409. The Kier molecular flexibility index (Phi) is 9.17. The molecule has 0 fully saturated rings. The van der Waals surface area contributed by atoms with Crippen LogP contribution in [0.4, 0.5) is 0 Å². The van der Waals surface area contributed by atoms with Crippen LogP contribution >= 0.6 is 0 Å². The average Bonchev–Trinajstić information content (AvgIpc) is 2.27. The van der Waals surface area contributed by atoms with Gasteiger partial charge >= 0.3 is 0 Å². The Morgan fingerprint density at radius 1 is 0.947 bits per heavy atom. The van der Waals surface area contributed by atoms with Gasteiger partial charge in [0.2, 0.25) is 0 Å². The maximum Gasteiger partial charge on any atom is 0.107 e. The summed E-state index contributed by atoms with van der Waals surface area (Å²) in [5, 5.41) is 0. The molecule has 0 saturated carbocycles. The predicted molar refractivity (Wildman–Crippen MR) is 82.3 cm³/mol. The molecule has 19 heavy (non-hydrogen) atoms. The Morgan fingerprint density at radius 3 is 2.11 bits per heavy atom. The molecule has 0 aromatic carbocycles. The van der Waals surface area contributed by atoms with Crippen LogP contribution < -0.4 is 0 Å². The third kappa shape index (κ3) is 11.1. The summed E-state index contributed by atoms with van der Waals surface area (Å²) < 4.78 is 16.9. The highest BCUT2D eigenvalue weighted by Gasteiger charge is 2.21. The fourth-order valence-electron chi connectivity index (χ4n) is 1.83. The molecular weight excluding hydrogens is 239 g/mol. The Balaban J connectivity index is 3.75. The average molecular weight is 268 g/mol. The van der Waals surface area contributed by atoms with Gasteiger partial charge in [0.05, 0.1) is 31.0 Å². The van der Waals surface area contributed by atoms with E-state index in [4.69, 9.17) is 20.6 Å². The molecule has 0 bridgehead atoms. The van der Waals surface area contributed by atoms with E-state index in [2.05, 4.69) is 41.5 Å². The predicted octanol–water partition coefficient (Wildman–Crippen LogP) is 2.06. The van der Waals surface area contributed by atoms with Crippen molar-refractivity contribution in [2.75, 3.05) is 26.4 Å². The Hall–Kier alpha value is -0.495. The van der Waals surface area contributed by atoms with Gasteiger partial charge in [-0.15, -0.1) is 6.42 Å². The lowest BCUT2D eigenvalue weighted by Gasteiger charge is -2.29. The van der Waals surface area contributed by atoms with E-state index in [9.17, 15) is 0 Å². The van der Waals surface area contributed by atoms with Crippen LogP contribution in [0.25, 0.3) is 0 Å². The van der Waals surface area contributed by atoms with Crippen LogP contribution in [0.15, 0.2) is 0 Å². The lowest BCUT2D eigenvalue weighted by molar-refractivity contribution is -0.0822. The molecule has 0 spiro atoms. The summed E-state index contributed by atoms with van der Waals surface area (Å²) in [6.07, 6.45) is 8.18. The molecule has 110 valence electrons. The third-order valence-electron chi connectivity index (χ3n) is 2.95. The van der Waals surface area contributed by atoms with E-state index in [1.54, 1.807) is 0 Å².